The van der Waals surface area contributed by atoms with Crippen molar-refractivity contribution >= 4 is 11.6 Å². The monoisotopic (exact) mass is 266 g/mol. The molecule has 1 atom stereocenters. The first kappa shape index (κ1) is 13.9. The van der Waals surface area contributed by atoms with Gasteiger partial charge in [0.1, 0.15) is 0 Å². The largest absolute Gasteiger partial charge is 0.328 e. The minimum absolute atomic E-state index is 0.411. The maximum atomic E-state index is 6.00. The SMILES string of the molecule is CN(C)C(c1ccc(Cl)cc1)C1CCC(N)CC1. The molecule has 0 spiro atoms. The van der Waals surface area contributed by atoms with E-state index in [0.29, 0.717) is 18.0 Å². The number of halogens is 1. The van der Waals surface area contributed by atoms with Crippen LogP contribution >= 0.6 is 11.6 Å². The summed E-state index contributed by atoms with van der Waals surface area (Å²) in [6.07, 6.45) is 4.77. The highest BCUT2D eigenvalue weighted by Crippen LogP contribution is 2.37. The highest BCUT2D eigenvalue weighted by atomic mass is 35.5. The van der Waals surface area contributed by atoms with Gasteiger partial charge in [-0.05, 0) is 63.4 Å². The van der Waals surface area contributed by atoms with Gasteiger partial charge in [-0.2, -0.15) is 0 Å². The molecule has 2 rings (SSSR count). The van der Waals surface area contributed by atoms with Crippen LogP contribution in [0.3, 0.4) is 0 Å². The van der Waals surface area contributed by atoms with Gasteiger partial charge in [-0.1, -0.05) is 23.7 Å². The van der Waals surface area contributed by atoms with Crippen molar-refractivity contribution in [2.24, 2.45) is 11.7 Å². The molecule has 2 N–H and O–H groups in total. The van der Waals surface area contributed by atoms with Crippen LogP contribution in [0.25, 0.3) is 0 Å². The molecule has 2 nitrogen and oxygen atoms in total. The van der Waals surface area contributed by atoms with Crippen molar-refractivity contribution in [2.75, 3.05) is 14.1 Å². The molecule has 3 heteroatoms. The molecule has 0 aromatic heterocycles. The molecule has 0 heterocycles. The molecule has 1 aromatic carbocycles. The third-order valence-corrected chi connectivity index (χ3v) is 4.28. The summed E-state index contributed by atoms with van der Waals surface area (Å²) in [5.74, 6) is 0.709. The van der Waals surface area contributed by atoms with Crippen LogP contribution in [-0.2, 0) is 0 Å². The van der Waals surface area contributed by atoms with Crippen LogP contribution < -0.4 is 5.73 Å². The van der Waals surface area contributed by atoms with Gasteiger partial charge in [0.15, 0.2) is 0 Å². The Morgan fingerprint density at radius 1 is 1.11 bits per heavy atom. The van der Waals surface area contributed by atoms with Gasteiger partial charge < -0.3 is 10.6 Å². The average molecular weight is 267 g/mol. The number of hydrogen-bond donors (Lipinski definition) is 1. The van der Waals surface area contributed by atoms with E-state index in [0.717, 1.165) is 17.9 Å². The fourth-order valence-electron chi connectivity index (χ4n) is 3.11. The van der Waals surface area contributed by atoms with Crippen molar-refractivity contribution < 1.29 is 0 Å². The van der Waals surface area contributed by atoms with Crippen LogP contribution in [0.15, 0.2) is 24.3 Å². The molecule has 18 heavy (non-hydrogen) atoms. The summed E-state index contributed by atoms with van der Waals surface area (Å²) in [6.45, 7) is 0. The van der Waals surface area contributed by atoms with Crippen molar-refractivity contribution in [3.8, 4) is 0 Å². The van der Waals surface area contributed by atoms with Crippen LogP contribution in [0.2, 0.25) is 5.02 Å². The van der Waals surface area contributed by atoms with E-state index in [1.165, 1.54) is 18.4 Å². The Morgan fingerprint density at radius 2 is 1.67 bits per heavy atom. The molecule has 1 aliphatic rings. The third kappa shape index (κ3) is 3.25. The lowest BCUT2D eigenvalue weighted by Gasteiger charge is -2.36. The molecule has 1 fully saturated rings. The maximum Gasteiger partial charge on any atom is 0.0406 e. The van der Waals surface area contributed by atoms with Crippen molar-refractivity contribution in [1.29, 1.82) is 0 Å². The minimum Gasteiger partial charge on any atom is -0.328 e. The molecule has 0 aliphatic heterocycles. The Morgan fingerprint density at radius 3 is 2.17 bits per heavy atom. The zero-order valence-electron chi connectivity index (χ0n) is 11.3. The topological polar surface area (TPSA) is 29.3 Å². The average Bonchev–Trinajstić information content (AvgIpc) is 2.34. The summed E-state index contributed by atoms with van der Waals surface area (Å²) in [7, 11) is 4.32. The Bertz CT molecular complexity index is 367. The Kier molecular flexibility index (Phi) is 4.66. The van der Waals surface area contributed by atoms with Gasteiger partial charge >= 0.3 is 0 Å². The van der Waals surface area contributed by atoms with Gasteiger partial charge in [0.2, 0.25) is 0 Å². The van der Waals surface area contributed by atoms with E-state index in [9.17, 15) is 0 Å². The van der Waals surface area contributed by atoms with Crippen LogP contribution in [-0.4, -0.2) is 25.0 Å². The van der Waals surface area contributed by atoms with E-state index >= 15 is 0 Å². The van der Waals surface area contributed by atoms with Gasteiger partial charge in [0, 0.05) is 17.1 Å². The zero-order valence-corrected chi connectivity index (χ0v) is 12.0. The second kappa shape index (κ2) is 6.05. The smallest absolute Gasteiger partial charge is 0.0406 e. The van der Waals surface area contributed by atoms with E-state index in [4.69, 9.17) is 17.3 Å². The number of benzene rings is 1. The van der Waals surface area contributed by atoms with Crippen LogP contribution in [0, 0.1) is 5.92 Å². The summed E-state index contributed by atoms with van der Waals surface area (Å²) in [5.41, 5.74) is 7.37. The van der Waals surface area contributed by atoms with Crippen molar-refractivity contribution in [3.63, 3.8) is 0 Å². The fourth-order valence-corrected chi connectivity index (χ4v) is 3.24. The van der Waals surface area contributed by atoms with Crippen LogP contribution in [0.5, 0.6) is 0 Å². The Labute approximate surface area is 115 Å². The summed E-state index contributed by atoms with van der Waals surface area (Å²) >= 11 is 5.97. The zero-order chi connectivity index (χ0) is 13.1. The van der Waals surface area contributed by atoms with Gasteiger partial charge in [-0.3, -0.25) is 0 Å². The molecule has 0 bridgehead atoms. The number of rotatable bonds is 3. The van der Waals surface area contributed by atoms with Gasteiger partial charge in [-0.15, -0.1) is 0 Å². The van der Waals surface area contributed by atoms with E-state index in [-0.39, 0.29) is 0 Å². The molecule has 1 unspecified atom stereocenters. The summed E-state index contributed by atoms with van der Waals surface area (Å²) in [5, 5.41) is 0.807. The summed E-state index contributed by atoms with van der Waals surface area (Å²) in [4.78, 5) is 2.32. The molecular weight excluding hydrogens is 244 g/mol. The van der Waals surface area contributed by atoms with E-state index in [1.54, 1.807) is 0 Å². The lowest BCUT2D eigenvalue weighted by atomic mass is 9.79. The predicted molar refractivity (Wildman–Crippen MR) is 77.8 cm³/mol. The lowest BCUT2D eigenvalue weighted by Crippen LogP contribution is -2.34. The van der Waals surface area contributed by atoms with Gasteiger partial charge in [0.25, 0.3) is 0 Å². The number of hydrogen-bond acceptors (Lipinski definition) is 2. The third-order valence-electron chi connectivity index (χ3n) is 4.03. The first-order valence-electron chi connectivity index (χ1n) is 6.75. The van der Waals surface area contributed by atoms with Crippen LogP contribution in [0.1, 0.15) is 37.3 Å². The maximum absolute atomic E-state index is 6.00. The first-order valence-corrected chi connectivity index (χ1v) is 7.13. The minimum atomic E-state index is 0.411. The van der Waals surface area contributed by atoms with E-state index in [1.807, 2.05) is 12.1 Å². The highest BCUT2D eigenvalue weighted by Gasteiger charge is 2.28. The lowest BCUT2D eigenvalue weighted by molar-refractivity contribution is 0.164. The molecule has 100 valence electrons. The Hall–Kier alpha value is -0.570. The van der Waals surface area contributed by atoms with Gasteiger partial charge in [0.05, 0.1) is 0 Å². The Balaban J connectivity index is 2.15. The normalized spacial score (nSPS) is 26.3. The standard InChI is InChI=1S/C15H23ClN2/c1-18(2)15(11-3-7-13(16)8-4-11)12-5-9-14(17)10-6-12/h3-4,7-8,12,14-15H,5-6,9-10,17H2,1-2H3. The molecule has 0 radical (unpaired) electrons. The van der Waals surface area contributed by atoms with Crippen molar-refractivity contribution in [1.82, 2.24) is 4.90 Å². The number of nitrogens with two attached hydrogens (primary N) is 1. The summed E-state index contributed by atoms with van der Waals surface area (Å²) in [6, 6.07) is 9.18. The fraction of sp³-hybridized carbons (Fsp3) is 0.600. The second-order valence-corrected chi connectivity index (χ2v) is 6.07. The van der Waals surface area contributed by atoms with Gasteiger partial charge in [-0.25, -0.2) is 0 Å². The molecule has 0 amide bonds. The number of nitrogens with zero attached hydrogens (tertiary/aromatic N) is 1. The molecule has 1 saturated carbocycles. The molecule has 1 aliphatic carbocycles. The van der Waals surface area contributed by atoms with E-state index < -0.39 is 0 Å². The highest BCUT2D eigenvalue weighted by molar-refractivity contribution is 6.30. The molecule has 1 aromatic rings. The molecular formula is C15H23ClN2. The predicted octanol–water partition coefficient (Wildman–Crippen LogP) is 3.46. The molecule has 0 saturated heterocycles. The summed E-state index contributed by atoms with van der Waals surface area (Å²) < 4.78 is 0. The second-order valence-electron chi connectivity index (χ2n) is 5.63. The first-order chi connectivity index (χ1) is 8.58. The van der Waals surface area contributed by atoms with Crippen LogP contribution in [0.4, 0.5) is 0 Å². The van der Waals surface area contributed by atoms with Crippen molar-refractivity contribution in [3.05, 3.63) is 34.9 Å². The van der Waals surface area contributed by atoms with Crippen molar-refractivity contribution in [2.45, 2.75) is 37.8 Å². The van der Waals surface area contributed by atoms with E-state index in [2.05, 4.69) is 31.1 Å². The quantitative estimate of drug-likeness (QED) is 0.908.